The van der Waals surface area contributed by atoms with Crippen LogP contribution in [0.25, 0.3) is 10.9 Å². The standard InChI is InChI=1S/C27H28F3N5O2/c1-6-22(19-8-7-9-21(16(19)2)27(28,29)30)33-25-20-15-35(24(37)14-23(20)31-17(3)32-25)26(5)10-12-34(13-11-26)18(4)36/h1,7-9,14-15,22H,10-13H2,2-5H3,(H,31,32,33)/t22-/m1/s1. The molecule has 1 amide bonds. The number of fused-ring (bicyclic) bond motifs is 1. The zero-order chi connectivity index (χ0) is 27.1. The van der Waals surface area contributed by atoms with Gasteiger partial charge in [-0.25, -0.2) is 9.97 Å². The van der Waals surface area contributed by atoms with Crippen LogP contribution in [-0.2, 0) is 16.5 Å². The number of nitrogens with zero attached hydrogens (tertiary/aromatic N) is 4. The Morgan fingerprint density at radius 1 is 1.22 bits per heavy atom. The lowest BCUT2D eigenvalue weighted by molar-refractivity contribution is -0.138. The van der Waals surface area contributed by atoms with E-state index >= 15 is 0 Å². The van der Waals surface area contributed by atoms with Crippen molar-refractivity contribution in [2.45, 2.75) is 58.3 Å². The van der Waals surface area contributed by atoms with E-state index in [4.69, 9.17) is 6.42 Å². The molecule has 1 aliphatic heterocycles. The quantitative estimate of drug-likeness (QED) is 0.519. The highest BCUT2D eigenvalue weighted by molar-refractivity contribution is 5.88. The Morgan fingerprint density at radius 3 is 2.49 bits per heavy atom. The molecule has 4 rings (SSSR count). The van der Waals surface area contributed by atoms with Gasteiger partial charge in [0, 0.05) is 37.8 Å². The van der Waals surface area contributed by atoms with E-state index in [1.165, 1.54) is 26.0 Å². The van der Waals surface area contributed by atoms with Crippen molar-refractivity contribution < 1.29 is 18.0 Å². The fourth-order valence-corrected chi connectivity index (χ4v) is 4.91. The summed E-state index contributed by atoms with van der Waals surface area (Å²) in [4.78, 5) is 35.5. The van der Waals surface area contributed by atoms with E-state index in [2.05, 4.69) is 21.2 Å². The molecule has 1 N–H and O–H groups in total. The van der Waals surface area contributed by atoms with E-state index in [0.717, 1.165) is 6.07 Å². The van der Waals surface area contributed by atoms with Crippen molar-refractivity contribution in [3.05, 3.63) is 63.3 Å². The molecule has 1 aliphatic rings. The molecule has 3 aromatic rings. The summed E-state index contributed by atoms with van der Waals surface area (Å²) in [5.74, 6) is 3.23. The fraction of sp³-hybridized carbons (Fsp3) is 0.407. The van der Waals surface area contributed by atoms with Crippen molar-refractivity contribution in [1.29, 1.82) is 0 Å². The van der Waals surface area contributed by atoms with Crippen LogP contribution in [0.1, 0.15) is 55.2 Å². The van der Waals surface area contributed by atoms with Gasteiger partial charge in [-0.2, -0.15) is 13.2 Å². The molecule has 0 saturated carbocycles. The monoisotopic (exact) mass is 511 g/mol. The average molecular weight is 512 g/mol. The van der Waals surface area contributed by atoms with Crippen LogP contribution in [0.15, 0.2) is 35.3 Å². The normalized spacial score (nSPS) is 16.3. The second kappa shape index (κ2) is 9.54. The van der Waals surface area contributed by atoms with Crippen LogP contribution in [0, 0.1) is 26.2 Å². The number of rotatable bonds is 4. The Hall–Kier alpha value is -3.87. The first kappa shape index (κ1) is 26.2. The van der Waals surface area contributed by atoms with Crippen molar-refractivity contribution in [2.75, 3.05) is 18.4 Å². The van der Waals surface area contributed by atoms with Crippen LogP contribution in [0.2, 0.25) is 0 Å². The number of alkyl halides is 3. The summed E-state index contributed by atoms with van der Waals surface area (Å²) in [5.41, 5.74) is -0.798. The van der Waals surface area contributed by atoms with Crippen LogP contribution < -0.4 is 10.9 Å². The molecule has 0 unspecified atom stereocenters. The summed E-state index contributed by atoms with van der Waals surface area (Å²) >= 11 is 0. The van der Waals surface area contributed by atoms with Crippen molar-refractivity contribution in [2.24, 2.45) is 0 Å². The Labute approximate surface area is 212 Å². The minimum absolute atomic E-state index is 0.00604. The number of hydrogen-bond acceptors (Lipinski definition) is 5. The molecule has 0 spiro atoms. The Balaban J connectivity index is 1.78. The van der Waals surface area contributed by atoms with E-state index in [-0.39, 0.29) is 17.0 Å². The van der Waals surface area contributed by atoms with E-state index < -0.39 is 23.3 Å². The Kier molecular flexibility index (Phi) is 6.76. The number of piperidine rings is 1. The van der Waals surface area contributed by atoms with Gasteiger partial charge in [0.25, 0.3) is 5.56 Å². The predicted octanol–water partition coefficient (Wildman–Crippen LogP) is 4.57. The number of carbonyl (C=O) groups excluding carboxylic acids is 1. The SMILES string of the molecule is C#C[C@@H](Nc1nc(C)nc2cc(=O)n(C3(C)CCN(C(C)=O)CC3)cc12)c1cccc(C(F)(F)F)c1C. The second-order valence-corrected chi connectivity index (χ2v) is 9.66. The third kappa shape index (κ3) is 5.03. The number of amides is 1. The number of likely N-dealkylation sites (tertiary alicyclic amines) is 1. The van der Waals surface area contributed by atoms with Crippen LogP contribution in [-0.4, -0.2) is 38.4 Å². The number of benzene rings is 1. The summed E-state index contributed by atoms with van der Waals surface area (Å²) in [6.45, 7) is 7.60. The lowest BCUT2D eigenvalue weighted by Crippen LogP contribution is -2.48. The lowest BCUT2D eigenvalue weighted by atomic mass is 9.89. The lowest BCUT2D eigenvalue weighted by Gasteiger charge is -2.40. The maximum Gasteiger partial charge on any atom is 0.416 e. The van der Waals surface area contributed by atoms with Crippen molar-refractivity contribution in [3.8, 4) is 12.3 Å². The third-order valence-electron chi connectivity index (χ3n) is 7.15. The van der Waals surface area contributed by atoms with Gasteiger partial charge in [0.2, 0.25) is 5.91 Å². The predicted molar refractivity (Wildman–Crippen MR) is 135 cm³/mol. The zero-order valence-electron chi connectivity index (χ0n) is 21.1. The first-order valence-electron chi connectivity index (χ1n) is 11.9. The zero-order valence-corrected chi connectivity index (χ0v) is 21.1. The molecule has 3 heterocycles. The number of aryl methyl sites for hydroxylation is 1. The molecule has 0 radical (unpaired) electrons. The van der Waals surface area contributed by atoms with E-state index in [1.807, 2.05) is 6.92 Å². The first-order valence-corrected chi connectivity index (χ1v) is 11.9. The maximum absolute atomic E-state index is 13.5. The molecule has 1 fully saturated rings. The van der Waals surface area contributed by atoms with Gasteiger partial charge in [-0.1, -0.05) is 18.1 Å². The highest BCUT2D eigenvalue weighted by atomic mass is 19.4. The van der Waals surface area contributed by atoms with E-state index in [0.29, 0.717) is 54.0 Å². The van der Waals surface area contributed by atoms with Crippen molar-refractivity contribution in [1.82, 2.24) is 19.4 Å². The molecule has 0 aliphatic carbocycles. The number of carbonyl (C=O) groups is 1. The molecule has 1 saturated heterocycles. The molecule has 1 atom stereocenters. The minimum Gasteiger partial charge on any atom is -0.352 e. The largest absolute Gasteiger partial charge is 0.416 e. The Morgan fingerprint density at radius 2 is 1.89 bits per heavy atom. The second-order valence-electron chi connectivity index (χ2n) is 9.66. The molecule has 194 valence electrons. The van der Waals surface area contributed by atoms with E-state index in [9.17, 15) is 22.8 Å². The molecule has 37 heavy (non-hydrogen) atoms. The highest BCUT2D eigenvalue weighted by Gasteiger charge is 2.35. The molecule has 2 aromatic heterocycles. The molecule has 0 bridgehead atoms. The van der Waals surface area contributed by atoms with Crippen LogP contribution >= 0.6 is 0 Å². The average Bonchev–Trinajstić information content (AvgIpc) is 2.81. The van der Waals surface area contributed by atoms with Crippen LogP contribution in [0.3, 0.4) is 0 Å². The number of nitrogens with one attached hydrogen (secondary N) is 1. The van der Waals surface area contributed by atoms with Crippen LogP contribution in [0.4, 0.5) is 19.0 Å². The number of terminal acetylenes is 1. The van der Waals surface area contributed by atoms with Gasteiger partial charge in [-0.3, -0.25) is 9.59 Å². The summed E-state index contributed by atoms with van der Waals surface area (Å²) < 4.78 is 42.1. The maximum atomic E-state index is 13.5. The van der Waals surface area contributed by atoms with Gasteiger partial charge in [-0.05, 0) is 50.8 Å². The summed E-state index contributed by atoms with van der Waals surface area (Å²) in [5, 5.41) is 3.63. The number of halogens is 3. The number of aromatic nitrogens is 3. The summed E-state index contributed by atoms with van der Waals surface area (Å²) in [6, 6.07) is 4.42. The molecule has 1 aromatic carbocycles. The van der Waals surface area contributed by atoms with Gasteiger partial charge < -0.3 is 14.8 Å². The van der Waals surface area contributed by atoms with Gasteiger partial charge in [-0.15, -0.1) is 6.42 Å². The van der Waals surface area contributed by atoms with Gasteiger partial charge in [0.1, 0.15) is 17.7 Å². The topological polar surface area (TPSA) is 80.1 Å². The minimum atomic E-state index is -4.51. The van der Waals surface area contributed by atoms with E-state index in [1.54, 1.807) is 28.7 Å². The first-order chi connectivity index (χ1) is 17.3. The van der Waals surface area contributed by atoms with Crippen molar-refractivity contribution >= 4 is 22.6 Å². The number of anilines is 1. The fourth-order valence-electron chi connectivity index (χ4n) is 4.91. The Bertz CT molecular complexity index is 1460. The van der Waals surface area contributed by atoms with Crippen molar-refractivity contribution in [3.63, 3.8) is 0 Å². The van der Waals surface area contributed by atoms with Crippen LogP contribution in [0.5, 0.6) is 0 Å². The van der Waals surface area contributed by atoms with Gasteiger partial charge >= 0.3 is 6.18 Å². The number of hydrogen-bond donors (Lipinski definition) is 1. The van der Waals surface area contributed by atoms with Gasteiger partial charge in [0.05, 0.1) is 16.5 Å². The van der Waals surface area contributed by atoms with Gasteiger partial charge in [0.15, 0.2) is 0 Å². The summed E-state index contributed by atoms with van der Waals surface area (Å²) in [7, 11) is 0. The highest BCUT2D eigenvalue weighted by Crippen LogP contribution is 2.36. The number of pyridine rings is 1. The molecule has 10 heteroatoms. The summed E-state index contributed by atoms with van der Waals surface area (Å²) in [6.07, 6.45) is 4.11. The molecular weight excluding hydrogens is 483 g/mol. The molecular formula is C27H28F3N5O2. The smallest absolute Gasteiger partial charge is 0.352 e. The third-order valence-corrected chi connectivity index (χ3v) is 7.15. The molecule has 7 nitrogen and oxygen atoms in total.